The summed E-state index contributed by atoms with van der Waals surface area (Å²) in [6, 6.07) is 5.28. The molecule has 136 valence electrons. The maximum atomic E-state index is 2.75. The van der Waals surface area contributed by atoms with E-state index in [4.69, 9.17) is 0 Å². The summed E-state index contributed by atoms with van der Waals surface area (Å²) in [6.07, 6.45) is 16.6. The van der Waals surface area contributed by atoms with E-state index in [1.807, 2.05) is 11.3 Å². The standard InChI is InChI=1S/C22H32N2S/c1-2-5-21(6-3-1)24-16-14-23(15-17-24)13-12-19-8-10-20(11-9-19)22-7-4-18-25-22/h1-2,4,7,10,18-19,21H,3,5-6,8-9,11-17H2. The van der Waals surface area contributed by atoms with Gasteiger partial charge >= 0.3 is 0 Å². The van der Waals surface area contributed by atoms with Gasteiger partial charge in [0.05, 0.1) is 0 Å². The topological polar surface area (TPSA) is 6.48 Å². The molecule has 0 bridgehead atoms. The molecule has 0 amide bonds. The number of allylic oxidation sites excluding steroid dienone is 3. The first kappa shape index (κ1) is 17.5. The van der Waals surface area contributed by atoms with Crippen molar-refractivity contribution in [3.8, 4) is 0 Å². The Labute approximate surface area is 157 Å². The Morgan fingerprint density at radius 3 is 2.64 bits per heavy atom. The molecule has 2 unspecified atom stereocenters. The van der Waals surface area contributed by atoms with Crippen molar-refractivity contribution in [2.24, 2.45) is 5.92 Å². The van der Waals surface area contributed by atoms with Crippen LogP contribution in [-0.2, 0) is 0 Å². The predicted molar refractivity (Wildman–Crippen MR) is 109 cm³/mol. The molecule has 1 aromatic heterocycles. The van der Waals surface area contributed by atoms with Gasteiger partial charge in [-0.2, -0.15) is 0 Å². The van der Waals surface area contributed by atoms with Crippen LogP contribution in [0.2, 0.25) is 0 Å². The average Bonchev–Trinajstić information content (AvgIpc) is 3.23. The molecular weight excluding hydrogens is 324 g/mol. The van der Waals surface area contributed by atoms with Crippen LogP contribution >= 0.6 is 11.3 Å². The summed E-state index contributed by atoms with van der Waals surface area (Å²) in [5.74, 6) is 0.908. The van der Waals surface area contributed by atoms with Crippen LogP contribution in [0.25, 0.3) is 5.57 Å². The highest BCUT2D eigenvalue weighted by Crippen LogP contribution is 2.33. The van der Waals surface area contributed by atoms with Gasteiger partial charge in [-0.3, -0.25) is 4.90 Å². The Hall–Kier alpha value is -0.900. The van der Waals surface area contributed by atoms with Crippen molar-refractivity contribution in [2.75, 3.05) is 32.7 Å². The first-order chi connectivity index (χ1) is 12.4. The molecule has 2 aliphatic carbocycles. The van der Waals surface area contributed by atoms with Gasteiger partial charge in [0.1, 0.15) is 0 Å². The van der Waals surface area contributed by atoms with E-state index < -0.39 is 0 Å². The van der Waals surface area contributed by atoms with E-state index in [1.54, 1.807) is 5.57 Å². The second-order valence-electron chi connectivity index (χ2n) is 7.95. The van der Waals surface area contributed by atoms with Gasteiger partial charge in [0.2, 0.25) is 0 Å². The summed E-state index contributed by atoms with van der Waals surface area (Å²) in [7, 11) is 0. The molecule has 3 aliphatic rings. The molecule has 0 saturated carbocycles. The molecule has 0 radical (unpaired) electrons. The first-order valence-corrected chi connectivity index (χ1v) is 11.1. The number of thiophene rings is 1. The van der Waals surface area contributed by atoms with E-state index in [0.29, 0.717) is 0 Å². The van der Waals surface area contributed by atoms with Crippen molar-refractivity contribution < 1.29 is 0 Å². The molecule has 1 aromatic rings. The molecular formula is C22H32N2S. The van der Waals surface area contributed by atoms with Gasteiger partial charge in [-0.15, -0.1) is 11.3 Å². The van der Waals surface area contributed by atoms with E-state index in [1.165, 1.54) is 82.5 Å². The second-order valence-corrected chi connectivity index (χ2v) is 8.90. The normalized spacial score (nSPS) is 28.9. The molecule has 1 fully saturated rings. The molecule has 4 rings (SSSR count). The number of rotatable bonds is 5. The molecule has 1 saturated heterocycles. The van der Waals surface area contributed by atoms with Crippen LogP contribution in [0.5, 0.6) is 0 Å². The van der Waals surface area contributed by atoms with E-state index >= 15 is 0 Å². The monoisotopic (exact) mass is 356 g/mol. The molecule has 0 spiro atoms. The second kappa shape index (κ2) is 8.66. The zero-order valence-corrected chi connectivity index (χ0v) is 16.2. The summed E-state index contributed by atoms with van der Waals surface area (Å²) < 4.78 is 0. The summed E-state index contributed by atoms with van der Waals surface area (Å²) in [4.78, 5) is 6.96. The molecule has 2 atom stereocenters. The maximum Gasteiger partial charge on any atom is 0.0299 e. The quantitative estimate of drug-likeness (QED) is 0.681. The van der Waals surface area contributed by atoms with Crippen LogP contribution in [0.15, 0.2) is 35.7 Å². The molecule has 1 aliphatic heterocycles. The van der Waals surface area contributed by atoms with Gasteiger partial charge < -0.3 is 4.90 Å². The fourth-order valence-electron chi connectivity index (χ4n) is 4.66. The van der Waals surface area contributed by atoms with Crippen molar-refractivity contribution in [2.45, 2.75) is 51.0 Å². The lowest BCUT2D eigenvalue weighted by atomic mass is 9.87. The number of piperazine rings is 1. The summed E-state index contributed by atoms with van der Waals surface area (Å²) in [5.41, 5.74) is 1.60. The summed E-state index contributed by atoms with van der Waals surface area (Å²) in [5, 5.41) is 2.20. The lowest BCUT2D eigenvalue weighted by Crippen LogP contribution is -2.50. The Balaban J connectivity index is 1.17. The minimum Gasteiger partial charge on any atom is -0.301 e. The van der Waals surface area contributed by atoms with Crippen molar-refractivity contribution in [3.63, 3.8) is 0 Å². The number of hydrogen-bond acceptors (Lipinski definition) is 3. The number of hydrogen-bond donors (Lipinski definition) is 0. The van der Waals surface area contributed by atoms with Crippen LogP contribution in [-0.4, -0.2) is 48.6 Å². The molecule has 3 heteroatoms. The van der Waals surface area contributed by atoms with E-state index in [0.717, 1.165) is 12.0 Å². The van der Waals surface area contributed by atoms with Gasteiger partial charge in [-0.05, 0) is 74.4 Å². The maximum absolute atomic E-state index is 2.75. The Morgan fingerprint density at radius 1 is 1.04 bits per heavy atom. The van der Waals surface area contributed by atoms with E-state index in [2.05, 4.69) is 45.5 Å². The van der Waals surface area contributed by atoms with E-state index in [9.17, 15) is 0 Å². The van der Waals surface area contributed by atoms with Crippen LogP contribution in [0.1, 0.15) is 49.8 Å². The van der Waals surface area contributed by atoms with Crippen LogP contribution in [0.4, 0.5) is 0 Å². The lowest BCUT2D eigenvalue weighted by molar-refractivity contribution is 0.0878. The Kier molecular flexibility index (Phi) is 6.06. The smallest absolute Gasteiger partial charge is 0.0299 e. The zero-order chi connectivity index (χ0) is 16.9. The minimum atomic E-state index is 0.825. The highest BCUT2D eigenvalue weighted by Gasteiger charge is 2.24. The van der Waals surface area contributed by atoms with Gasteiger partial charge in [0.15, 0.2) is 0 Å². The van der Waals surface area contributed by atoms with Crippen LogP contribution in [0.3, 0.4) is 0 Å². The van der Waals surface area contributed by atoms with Crippen molar-refractivity contribution in [1.29, 1.82) is 0 Å². The third-order valence-electron chi connectivity index (χ3n) is 6.38. The van der Waals surface area contributed by atoms with Crippen LogP contribution in [0, 0.1) is 5.92 Å². The minimum absolute atomic E-state index is 0.825. The zero-order valence-electron chi connectivity index (χ0n) is 15.4. The van der Waals surface area contributed by atoms with Crippen molar-refractivity contribution in [1.82, 2.24) is 9.80 Å². The van der Waals surface area contributed by atoms with Gasteiger partial charge in [0, 0.05) is 37.1 Å². The highest BCUT2D eigenvalue weighted by molar-refractivity contribution is 7.11. The molecule has 0 aromatic carbocycles. The van der Waals surface area contributed by atoms with Gasteiger partial charge in [0.25, 0.3) is 0 Å². The predicted octanol–water partition coefficient (Wildman–Crippen LogP) is 5.05. The summed E-state index contributed by atoms with van der Waals surface area (Å²) >= 11 is 1.89. The Bertz CT molecular complexity index is 581. The average molecular weight is 357 g/mol. The Morgan fingerprint density at radius 2 is 1.96 bits per heavy atom. The molecule has 2 nitrogen and oxygen atoms in total. The molecule has 0 N–H and O–H groups in total. The van der Waals surface area contributed by atoms with Gasteiger partial charge in [-0.25, -0.2) is 0 Å². The van der Waals surface area contributed by atoms with Crippen molar-refractivity contribution >= 4 is 16.9 Å². The summed E-state index contributed by atoms with van der Waals surface area (Å²) in [6.45, 7) is 6.44. The fourth-order valence-corrected chi connectivity index (χ4v) is 5.46. The van der Waals surface area contributed by atoms with E-state index in [-0.39, 0.29) is 0 Å². The lowest BCUT2D eigenvalue weighted by Gasteiger charge is -2.40. The third-order valence-corrected chi connectivity index (χ3v) is 7.32. The highest BCUT2D eigenvalue weighted by atomic mass is 32.1. The molecule has 25 heavy (non-hydrogen) atoms. The number of nitrogens with zero attached hydrogens (tertiary/aromatic N) is 2. The fraction of sp³-hybridized carbons (Fsp3) is 0.636. The SMILES string of the molecule is C1=CCC(N2CCN(CCC3CC=C(c4cccs4)CC3)CC2)CC1. The first-order valence-electron chi connectivity index (χ1n) is 10.2. The van der Waals surface area contributed by atoms with Crippen LogP contribution < -0.4 is 0 Å². The molecule has 2 heterocycles. The largest absolute Gasteiger partial charge is 0.301 e. The van der Waals surface area contributed by atoms with Gasteiger partial charge in [-0.1, -0.05) is 24.3 Å². The third kappa shape index (κ3) is 4.64. The van der Waals surface area contributed by atoms with Crippen molar-refractivity contribution in [3.05, 3.63) is 40.6 Å².